The number of carbonyl (C=O) groups excluding carboxylic acids is 2. The molecule has 3 nitrogen and oxygen atoms in total. The van der Waals surface area contributed by atoms with Crippen LogP contribution in [0.1, 0.15) is 15.9 Å². The minimum absolute atomic E-state index is 0.212. The van der Waals surface area contributed by atoms with Crippen molar-refractivity contribution in [3.8, 4) is 5.75 Å². The van der Waals surface area contributed by atoms with Gasteiger partial charge in [-0.05, 0) is 48.0 Å². The summed E-state index contributed by atoms with van der Waals surface area (Å²) in [5.41, 5.74) is -1.06. The normalized spacial score (nSPS) is 12.0. The number of benzene rings is 2. The molecule has 0 bridgehead atoms. The Morgan fingerprint density at radius 3 is 2.00 bits per heavy atom. The summed E-state index contributed by atoms with van der Waals surface area (Å²) < 4.78 is 56.4. The third-order valence-corrected chi connectivity index (χ3v) is 3.28. The van der Waals surface area contributed by atoms with E-state index >= 15 is 0 Å². The third kappa shape index (κ3) is 4.53. The minimum atomic E-state index is -5.21. The molecule has 0 saturated carbocycles. The summed E-state index contributed by atoms with van der Waals surface area (Å²) in [6.07, 6.45) is -4.37. The van der Waals surface area contributed by atoms with E-state index in [1.54, 1.807) is 0 Å². The van der Waals surface area contributed by atoms with Gasteiger partial charge in [-0.25, -0.2) is 4.39 Å². The van der Waals surface area contributed by atoms with Crippen molar-refractivity contribution in [2.75, 3.05) is 7.11 Å². The number of ether oxygens (including phenoxy) is 1. The minimum Gasteiger partial charge on any atom is -0.497 e. The Bertz CT molecular complexity index is 804. The van der Waals surface area contributed by atoms with Crippen LogP contribution in [0.4, 0.5) is 17.6 Å². The van der Waals surface area contributed by atoms with E-state index in [1.165, 1.54) is 31.4 Å². The van der Waals surface area contributed by atoms with E-state index in [9.17, 15) is 27.2 Å². The van der Waals surface area contributed by atoms with Crippen LogP contribution in [0.2, 0.25) is 0 Å². The molecule has 0 aliphatic heterocycles. The number of carbonyl (C=O) groups is 2. The Balaban J connectivity index is 2.48. The Morgan fingerprint density at radius 2 is 1.52 bits per heavy atom. The largest absolute Gasteiger partial charge is 0.497 e. The molecule has 0 unspecified atom stereocenters. The fourth-order valence-corrected chi connectivity index (χ4v) is 2.01. The van der Waals surface area contributed by atoms with Gasteiger partial charge in [0, 0.05) is 5.56 Å². The molecule has 130 valence electrons. The summed E-state index contributed by atoms with van der Waals surface area (Å²) >= 11 is 0. The van der Waals surface area contributed by atoms with E-state index in [2.05, 4.69) is 0 Å². The summed E-state index contributed by atoms with van der Waals surface area (Å²) in [7, 11) is 1.42. The highest BCUT2D eigenvalue weighted by molar-refractivity contribution is 6.30. The van der Waals surface area contributed by atoms with Gasteiger partial charge in [0.2, 0.25) is 0 Å². The molecule has 0 aliphatic rings. The summed E-state index contributed by atoms with van der Waals surface area (Å²) in [5.74, 6) is -3.60. The standard InChI is InChI=1S/C18H12F4O3/c1-25-14-8-2-11(3-9-14)10-15(17(24)18(20,21)22)16(23)12-4-6-13(19)7-5-12/h2-10H,1H3/b15-10-. The highest BCUT2D eigenvalue weighted by Gasteiger charge is 2.43. The van der Waals surface area contributed by atoms with Crippen LogP contribution in [0.15, 0.2) is 54.1 Å². The molecule has 25 heavy (non-hydrogen) atoms. The van der Waals surface area contributed by atoms with Gasteiger partial charge in [-0.2, -0.15) is 13.2 Å². The molecule has 0 aromatic heterocycles. The number of hydrogen-bond donors (Lipinski definition) is 0. The van der Waals surface area contributed by atoms with E-state index in [0.29, 0.717) is 5.75 Å². The number of rotatable bonds is 5. The Labute approximate surface area is 140 Å². The Hall–Kier alpha value is -2.96. The first kappa shape index (κ1) is 18.4. The average molecular weight is 352 g/mol. The molecule has 0 atom stereocenters. The number of alkyl halides is 3. The van der Waals surface area contributed by atoms with Gasteiger partial charge in [0.25, 0.3) is 5.78 Å². The molecule has 0 heterocycles. The van der Waals surface area contributed by atoms with Crippen molar-refractivity contribution in [3.05, 3.63) is 71.0 Å². The first-order valence-corrected chi connectivity index (χ1v) is 7.00. The number of halogens is 4. The summed E-state index contributed by atoms with van der Waals surface area (Å²) in [5, 5.41) is 0. The van der Waals surface area contributed by atoms with E-state index in [0.717, 1.165) is 30.3 Å². The first-order valence-electron chi connectivity index (χ1n) is 7.00. The van der Waals surface area contributed by atoms with Crippen molar-refractivity contribution >= 4 is 17.6 Å². The second-order valence-electron chi connectivity index (χ2n) is 4.99. The molecular weight excluding hydrogens is 340 g/mol. The molecule has 0 saturated heterocycles. The van der Waals surface area contributed by atoms with E-state index in [-0.39, 0.29) is 11.1 Å². The van der Waals surface area contributed by atoms with Crippen LogP contribution in [0.25, 0.3) is 6.08 Å². The smallest absolute Gasteiger partial charge is 0.455 e. The second-order valence-corrected chi connectivity index (χ2v) is 4.99. The number of methoxy groups -OCH3 is 1. The lowest BCUT2D eigenvalue weighted by Gasteiger charge is -2.09. The Kier molecular flexibility index (Phi) is 5.36. The number of hydrogen-bond acceptors (Lipinski definition) is 3. The third-order valence-electron chi connectivity index (χ3n) is 3.28. The van der Waals surface area contributed by atoms with Gasteiger partial charge in [0.05, 0.1) is 12.7 Å². The van der Waals surface area contributed by atoms with Crippen LogP contribution < -0.4 is 4.74 Å². The SMILES string of the molecule is COc1ccc(/C=C(/C(=O)c2ccc(F)cc2)C(=O)C(F)(F)F)cc1. The molecule has 0 fully saturated rings. The van der Waals surface area contributed by atoms with E-state index in [4.69, 9.17) is 4.74 Å². The molecule has 2 aromatic rings. The molecule has 0 radical (unpaired) electrons. The second kappa shape index (κ2) is 7.29. The van der Waals surface area contributed by atoms with Crippen molar-refractivity contribution in [1.29, 1.82) is 0 Å². The summed E-state index contributed by atoms with van der Waals surface area (Å²) in [6, 6.07) is 9.65. The molecule has 0 spiro atoms. The van der Waals surface area contributed by atoms with Crippen molar-refractivity contribution in [2.24, 2.45) is 0 Å². The van der Waals surface area contributed by atoms with Crippen molar-refractivity contribution in [1.82, 2.24) is 0 Å². The van der Waals surface area contributed by atoms with Gasteiger partial charge in [-0.1, -0.05) is 12.1 Å². The predicted molar refractivity (Wildman–Crippen MR) is 82.8 cm³/mol. The first-order chi connectivity index (χ1) is 11.7. The molecule has 0 N–H and O–H groups in total. The van der Waals surface area contributed by atoms with Gasteiger partial charge in [-0.15, -0.1) is 0 Å². The fourth-order valence-electron chi connectivity index (χ4n) is 2.01. The molecule has 0 aliphatic carbocycles. The summed E-state index contributed by atoms with van der Waals surface area (Å²) in [4.78, 5) is 24.0. The number of Topliss-reactive ketones (excluding diaryl/α,β-unsaturated/α-hetero) is 2. The van der Waals surface area contributed by atoms with Crippen molar-refractivity contribution in [3.63, 3.8) is 0 Å². The highest BCUT2D eigenvalue weighted by Crippen LogP contribution is 2.25. The average Bonchev–Trinajstić information content (AvgIpc) is 2.59. The monoisotopic (exact) mass is 352 g/mol. The molecule has 2 rings (SSSR count). The van der Waals surface area contributed by atoms with Crippen LogP contribution in [0, 0.1) is 5.82 Å². The highest BCUT2D eigenvalue weighted by atomic mass is 19.4. The topological polar surface area (TPSA) is 43.4 Å². The van der Waals surface area contributed by atoms with Crippen LogP contribution in [-0.2, 0) is 4.79 Å². The van der Waals surface area contributed by atoms with Gasteiger partial charge in [-0.3, -0.25) is 9.59 Å². The number of ketones is 2. The fraction of sp³-hybridized carbons (Fsp3) is 0.111. The molecule has 0 amide bonds. The zero-order valence-electron chi connectivity index (χ0n) is 12.9. The lowest BCUT2D eigenvalue weighted by molar-refractivity contribution is -0.166. The zero-order chi connectivity index (χ0) is 18.6. The molecule has 2 aromatic carbocycles. The van der Waals surface area contributed by atoms with Crippen LogP contribution >= 0.6 is 0 Å². The van der Waals surface area contributed by atoms with E-state index in [1.807, 2.05) is 0 Å². The maximum absolute atomic E-state index is 12.9. The van der Waals surface area contributed by atoms with Gasteiger partial charge >= 0.3 is 6.18 Å². The van der Waals surface area contributed by atoms with Crippen molar-refractivity contribution in [2.45, 2.75) is 6.18 Å². The number of allylic oxidation sites excluding steroid dienone is 1. The molecule has 7 heteroatoms. The van der Waals surface area contributed by atoms with Crippen LogP contribution in [0.5, 0.6) is 5.75 Å². The van der Waals surface area contributed by atoms with Crippen LogP contribution in [-0.4, -0.2) is 24.9 Å². The lowest BCUT2D eigenvalue weighted by atomic mass is 9.97. The van der Waals surface area contributed by atoms with Gasteiger partial charge in [0.15, 0.2) is 5.78 Å². The van der Waals surface area contributed by atoms with Gasteiger partial charge < -0.3 is 4.74 Å². The maximum atomic E-state index is 12.9. The Morgan fingerprint density at radius 1 is 0.960 bits per heavy atom. The van der Waals surface area contributed by atoms with E-state index < -0.39 is 29.1 Å². The quantitative estimate of drug-likeness (QED) is 0.266. The maximum Gasteiger partial charge on any atom is 0.455 e. The zero-order valence-corrected chi connectivity index (χ0v) is 12.9. The van der Waals surface area contributed by atoms with Crippen molar-refractivity contribution < 1.29 is 31.9 Å². The summed E-state index contributed by atoms with van der Waals surface area (Å²) in [6.45, 7) is 0. The lowest BCUT2D eigenvalue weighted by Crippen LogP contribution is -2.28. The van der Waals surface area contributed by atoms with Gasteiger partial charge in [0.1, 0.15) is 11.6 Å². The van der Waals surface area contributed by atoms with Crippen LogP contribution in [0.3, 0.4) is 0 Å². The predicted octanol–water partition coefficient (Wildman–Crippen LogP) is 4.23. The molecular formula is C18H12F4O3.